The molecule has 0 radical (unpaired) electrons. The lowest BCUT2D eigenvalue weighted by molar-refractivity contribution is 0.0687. The van der Waals surface area contributed by atoms with E-state index in [4.69, 9.17) is 5.11 Å². The van der Waals surface area contributed by atoms with Gasteiger partial charge in [0.25, 0.3) is 5.91 Å². The highest BCUT2D eigenvalue weighted by atomic mass is 32.2. The predicted molar refractivity (Wildman–Crippen MR) is 71.1 cm³/mol. The number of thioether (sulfide) groups is 1. The molecule has 0 saturated carbocycles. The van der Waals surface area contributed by atoms with Gasteiger partial charge in [-0.3, -0.25) is 4.79 Å². The van der Waals surface area contributed by atoms with E-state index in [0.29, 0.717) is 5.56 Å². The highest BCUT2D eigenvalue weighted by molar-refractivity contribution is 7.98. The van der Waals surface area contributed by atoms with Gasteiger partial charge in [0.2, 0.25) is 0 Å². The topological polar surface area (TPSA) is 70.5 Å². The Bertz CT molecular complexity index is 433. The quantitative estimate of drug-likeness (QED) is 0.878. The minimum Gasteiger partial charge on any atom is -0.477 e. The van der Waals surface area contributed by atoms with Gasteiger partial charge in [-0.05, 0) is 25.3 Å². The van der Waals surface area contributed by atoms with Gasteiger partial charge in [0.15, 0.2) is 0 Å². The number of pyridine rings is 1. The number of nitrogens with zero attached hydrogens (tertiary/aromatic N) is 2. The van der Waals surface area contributed by atoms with Crippen LogP contribution in [0.3, 0.4) is 0 Å². The Morgan fingerprint density at radius 2 is 2.17 bits per heavy atom. The number of carboxylic acids is 1. The van der Waals surface area contributed by atoms with E-state index in [0.717, 1.165) is 5.75 Å². The minimum atomic E-state index is -1.10. The van der Waals surface area contributed by atoms with Crippen LogP contribution in [0.15, 0.2) is 18.3 Å². The summed E-state index contributed by atoms with van der Waals surface area (Å²) in [5.41, 5.74) is 0.335. The van der Waals surface area contributed by atoms with E-state index in [1.807, 2.05) is 13.2 Å². The van der Waals surface area contributed by atoms with Crippen LogP contribution >= 0.6 is 11.8 Å². The first-order chi connectivity index (χ1) is 8.47. The van der Waals surface area contributed by atoms with Gasteiger partial charge in [0.05, 0.1) is 5.56 Å². The lowest BCUT2D eigenvalue weighted by Gasteiger charge is -2.24. The standard InChI is InChI=1S/C12H16N2O3S/c1-8(7-18-3)14(2)11(15)9-4-5-10(12(16)17)13-6-9/h4-6,8H,7H2,1-3H3,(H,16,17). The summed E-state index contributed by atoms with van der Waals surface area (Å²) in [5.74, 6) is -0.401. The zero-order valence-corrected chi connectivity index (χ0v) is 11.4. The summed E-state index contributed by atoms with van der Waals surface area (Å²) >= 11 is 1.67. The summed E-state index contributed by atoms with van der Waals surface area (Å²) < 4.78 is 0. The summed E-state index contributed by atoms with van der Waals surface area (Å²) in [6, 6.07) is 2.94. The fourth-order valence-corrected chi connectivity index (χ4v) is 2.11. The van der Waals surface area contributed by atoms with Crippen molar-refractivity contribution in [2.45, 2.75) is 13.0 Å². The van der Waals surface area contributed by atoms with Gasteiger partial charge in [-0.2, -0.15) is 11.8 Å². The summed E-state index contributed by atoms with van der Waals surface area (Å²) in [4.78, 5) is 28.1. The van der Waals surface area contributed by atoms with E-state index in [1.165, 1.54) is 18.3 Å². The number of carbonyl (C=O) groups is 2. The molecular weight excluding hydrogens is 252 g/mol. The Kier molecular flexibility index (Phi) is 5.15. The molecule has 0 spiro atoms. The Morgan fingerprint density at radius 3 is 2.61 bits per heavy atom. The van der Waals surface area contributed by atoms with Crippen LogP contribution in [-0.4, -0.2) is 52.0 Å². The number of aromatic carboxylic acids is 1. The Hall–Kier alpha value is -1.56. The molecule has 1 aromatic rings. The third kappa shape index (κ3) is 3.46. The van der Waals surface area contributed by atoms with Crippen molar-refractivity contribution < 1.29 is 14.7 Å². The van der Waals surface area contributed by atoms with Gasteiger partial charge < -0.3 is 10.0 Å². The number of rotatable bonds is 5. The van der Waals surface area contributed by atoms with Crippen LogP contribution in [0.2, 0.25) is 0 Å². The molecule has 1 unspecified atom stereocenters. The van der Waals surface area contributed by atoms with Crippen molar-refractivity contribution in [3.05, 3.63) is 29.6 Å². The first-order valence-corrected chi connectivity index (χ1v) is 6.82. The Morgan fingerprint density at radius 1 is 1.50 bits per heavy atom. The van der Waals surface area contributed by atoms with Crippen molar-refractivity contribution in [2.24, 2.45) is 0 Å². The third-order valence-corrected chi connectivity index (χ3v) is 3.43. The second-order valence-electron chi connectivity index (χ2n) is 3.96. The van der Waals surface area contributed by atoms with Gasteiger partial charge in [0.1, 0.15) is 5.69 Å². The maximum Gasteiger partial charge on any atom is 0.354 e. The van der Waals surface area contributed by atoms with Crippen LogP contribution in [0.1, 0.15) is 27.8 Å². The van der Waals surface area contributed by atoms with E-state index in [-0.39, 0.29) is 17.6 Å². The molecule has 1 atom stereocenters. The summed E-state index contributed by atoms with van der Waals surface area (Å²) in [6.07, 6.45) is 3.28. The van der Waals surface area contributed by atoms with Crippen molar-refractivity contribution >= 4 is 23.6 Å². The normalized spacial score (nSPS) is 11.9. The number of amides is 1. The van der Waals surface area contributed by atoms with Crippen LogP contribution in [0.4, 0.5) is 0 Å². The summed E-state index contributed by atoms with van der Waals surface area (Å²) in [6.45, 7) is 1.97. The SMILES string of the molecule is CSCC(C)N(C)C(=O)c1ccc(C(=O)O)nc1. The fraction of sp³-hybridized carbons (Fsp3) is 0.417. The molecule has 0 aromatic carbocycles. The maximum absolute atomic E-state index is 12.1. The second kappa shape index (κ2) is 6.39. The highest BCUT2D eigenvalue weighted by Gasteiger charge is 2.17. The van der Waals surface area contributed by atoms with E-state index < -0.39 is 5.97 Å². The largest absolute Gasteiger partial charge is 0.477 e. The lowest BCUT2D eigenvalue weighted by atomic mass is 10.2. The van der Waals surface area contributed by atoms with Crippen LogP contribution in [-0.2, 0) is 0 Å². The number of carboxylic acid groups (broad SMARTS) is 1. The van der Waals surface area contributed by atoms with Gasteiger partial charge in [-0.1, -0.05) is 0 Å². The Labute approximate surface area is 110 Å². The number of hydrogen-bond acceptors (Lipinski definition) is 4. The maximum atomic E-state index is 12.1. The molecule has 1 aromatic heterocycles. The first-order valence-electron chi connectivity index (χ1n) is 5.42. The molecule has 0 saturated heterocycles. The van der Waals surface area contributed by atoms with Crippen LogP contribution in [0.25, 0.3) is 0 Å². The lowest BCUT2D eigenvalue weighted by Crippen LogP contribution is -2.36. The molecule has 1 rings (SSSR count). The van der Waals surface area contributed by atoms with Crippen molar-refractivity contribution in [1.29, 1.82) is 0 Å². The summed E-state index contributed by atoms with van der Waals surface area (Å²) in [7, 11) is 1.73. The molecule has 0 aliphatic rings. The van der Waals surface area contributed by atoms with Crippen LogP contribution < -0.4 is 0 Å². The smallest absolute Gasteiger partial charge is 0.354 e. The fourth-order valence-electron chi connectivity index (χ4n) is 1.40. The van der Waals surface area contributed by atoms with Gasteiger partial charge in [0, 0.05) is 25.0 Å². The first kappa shape index (κ1) is 14.5. The molecule has 1 amide bonds. The molecule has 1 heterocycles. The molecular formula is C12H16N2O3S. The number of carbonyl (C=O) groups excluding carboxylic acids is 1. The van der Waals surface area contributed by atoms with Crippen LogP contribution in [0.5, 0.6) is 0 Å². The molecule has 5 nitrogen and oxygen atoms in total. The van der Waals surface area contributed by atoms with Gasteiger partial charge >= 0.3 is 5.97 Å². The molecule has 18 heavy (non-hydrogen) atoms. The van der Waals surface area contributed by atoms with Gasteiger partial charge in [-0.25, -0.2) is 9.78 Å². The van der Waals surface area contributed by atoms with E-state index in [2.05, 4.69) is 4.98 Å². The monoisotopic (exact) mass is 268 g/mol. The molecule has 1 N–H and O–H groups in total. The van der Waals surface area contributed by atoms with Crippen molar-refractivity contribution in [2.75, 3.05) is 19.1 Å². The zero-order chi connectivity index (χ0) is 13.7. The minimum absolute atomic E-state index is 0.0636. The molecule has 0 bridgehead atoms. The van der Waals surface area contributed by atoms with E-state index >= 15 is 0 Å². The van der Waals surface area contributed by atoms with E-state index in [9.17, 15) is 9.59 Å². The molecule has 0 aliphatic carbocycles. The highest BCUT2D eigenvalue weighted by Crippen LogP contribution is 2.09. The third-order valence-electron chi connectivity index (χ3n) is 2.62. The van der Waals surface area contributed by atoms with E-state index in [1.54, 1.807) is 23.7 Å². The van der Waals surface area contributed by atoms with Gasteiger partial charge in [-0.15, -0.1) is 0 Å². The number of hydrogen-bond donors (Lipinski definition) is 1. The average Bonchev–Trinajstić information content (AvgIpc) is 2.37. The Balaban J connectivity index is 2.80. The predicted octanol–water partition coefficient (Wildman–Crippen LogP) is 1.60. The zero-order valence-electron chi connectivity index (χ0n) is 10.6. The second-order valence-corrected chi connectivity index (χ2v) is 4.87. The molecule has 98 valence electrons. The average molecular weight is 268 g/mol. The summed E-state index contributed by atoms with van der Waals surface area (Å²) in [5, 5.41) is 8.72. The van der Waals surface area contributed by atoms with Crippen LogP contribution in [0, 0.1) is 0 Å². The van der Waals surface area contributed by atoms with Crippen molar-refractivity contribution in [3.8, 4) is 0 Å². The molecule has 0 fully saturated rings. The molecule has 0 aliphatic heterocycles. The number of aromatic nitrogens is 1. The van der Waals surface area contributed by atoms with Crippen molar-refractivity contribution in [3.63, 3.8) is 0 Å². The molecule has 6 heteroatoms. The van der Waals surface area contributed by atoms with Crippen molar-refractivity contribution in [1.82, 2.24) is 9.88 Å².